The smallest absolute Gasteiger partial charge is 0.182 e. The van der Waals surface area contributed by atoms with Crippen LogP contribution in [0.25, 0.3) is 0 Å². The van der Waals surface area contributed by atoms with Gasteiger partial charge in [-0.2, -0.15) is 0 Å². The Morgan fingerprint density at radius 2 is 1.74 bits per heavy atom. The zero-order chi connectivity index (χ0) is 13.5. The van der Waals surface area contributed by atoms with Gasteiger partial charge in [0, 0.05) is 18.2 Å². The number of benzene rings is 1. The van der Waals surface area contributed by atoms with E-state index in [2.05, 4.69) is 5.32 Å². The molecule has 2 fully saturated rings. The Labute approximate surface area is 111 Å². The summed E-state index contributed by atoms with van der Waals surface area (Å²) in [5.74, 6) is -2.84. The maximum atomic E-state index is 13.7. The molecule has 104 valence electrons. The van der Waals surface area contributed by atoms with Crippen molar-refractivity contribution in [2.24, 2.45) is 5.41 Å². The molecule has 1 unspecified atom stereocenters. The summed E-state index contributed by atoms with van der Waals surface area (Å²) in [5.41, 5.74) is 0.195. The number of rotatable bonds is 2. The van der Waals surface area contributed by atoms with E-state index in [0.717, 1.165) is 31.7 Å². The van der Waals surface area contributed by atoms with E-state index in [-0.39, 0.29) is 17.1 Å². The second kappa shape index (κ2) is 4.73. The summed E-state index contributed by atoms with van der Waals surface area (Å²) in [4.78, 5) is 0. The first-order valence-electron chi connectivity index (χ1n) is 7.02. The molecular weight excluding hydrogens is 251 g/mol. The van der Waals surface area contributed by atoms with E-state index in [1.54, 1.807) is 0 Å². The van der Waals surface area contributed by atoms with E-state index in [4.69, 9.17) is 0 Å². The first-order valence-corrected chi connectivity index (χ1v) is 7.02. The Balaban J connectivity index is 1.78. The fourth-order valence-electron chi connectivity index (χ4n) is 3.63. The Morgan fingerprint density at radius 1 is 1.00 bits per heavy atom. The summed E-state index contributed by atoms with van der Waals surface area (Å²) < 4.78 is 40.0. The van der Waals surface area contributed by atoms with Crippen LogP contribution in [0.2, 0.25) is 0 Å². The highest BCUT2D eigenvalue weighted by Crippen LogP contribution is 2.52. The van der Waals surface area contributed by atoms with Crippen molar-refractivity contribution in [3.8, 4) is 0 Å². The van der Waals surface area contributed by atoms with Crippen LogP contribution in [0.15, 0.2) is 12.1 Å². The lowest BCUT2D eigenvalue weighted by atomic mass is 9.57. The zero-order valence-electron chi connectivity index (χ0n) is 10.8. The molecule has 1 spiro atoms. The average Bonchev–Trinajstić information content (AvgIpc) is 2.41. The van der Waals surface area contributed by atoms with Gasteiger partial charge in [-0.1, -0.05) is 19.3 Å². The van der Waals surface area contributed by atoms with Gasteiger partial charge < -0.3 is 5.32 Å². The number of anilines is 1. The Hall–Kier alpha value is -1.19. The van der Waals surface area contributed by atoms with Crippen LogP contribution in [0.3, 0.4) is 0 Å². The summed E-state index contributed by atoms with van der Waals surface area (Å²) in [6.45, 7) is 0. The van der Waals surface area contributed by atoms with Crippen LogP contribution in [0.4, 0.5) is 18.9 Å². The third kappa shape index (κ3) is 2.21. The van der Waals surface area contributed by atoms with E-state index in [1.165, 1.54) is 19.3 Å². The molecule has 3 rings (SSSR count). The molecule has 0 radical (unpaired) electrons. The first kappa shape index (κ1) is 12.8. The minimum atomic E-state index is -1.13. The lowest BCUT2D eigenvalue weighted by Gasteiger charge is -2.52. The number of hydrogen-bond donors (Lipinski definition) is 1. The van der Waals surface area contributed by atoms with Crippen LogP contribution < -0.4 is 5.32 Å². The Kier molecular flexibility index (Phi) is 3.19. The van der Waals surface area contributed by atoms with Crippen LogP contribution in [0, 0.1) is 22.9 Å². The van der Waals surface area contributed by atoms with Crippen molar-refractivity contribution in [1.29, 1.82) is 0 Å². The van der Waals surface area contributed by atoms with Crippen molar-refractivity contribution in [3.63, 3.8) is 0 Å². The van der Waals surface area contributed by atoms with Gasteiger partial charge in [-0.05, 0) is 31.1 Å². The highest BCUT2D eigenvalue weighted by atomic mass is 19.2. The number of hydrogen-bond acceptors (Lipinski definition) is 1. The molecule has 0 amide bonds. The lowest BCUT2D eigenvalue weighted by Crippen LogP contribution is -2.50. The van der Waals surface area contributed by atoms with Crippen LogP contribution in [0.1, 0.15) is 44.9 Å². The first-order chi connectivity index (χ1) is 9.11. The number of nitrogens with one attached hydrogen (secondary N) is 1. The van der Waals surface area contributed by atoms with Gasteiger partial charge in [0.25, 0.3) is 0 Å². The normalized spacial score (nSPS) is 25.1. The standard InChI is InChI=1S/C15H18F3N/c16-10-8-11(17)14(18)12(9-10)19-13-4-7-15(13)5-2-1-3-6-15/h8-9,13,19H,1-7H2. The molecule has 19 heavy (non-hydrogen) atoms. The molecule has 2 aliphatic rings. The summed E-state index contributed by atoms with van der Waals surface area (Å²) in [6.07, 6.45) is 8.06. The van der Waals surface area contributed by atoms with E-state index in [0.29, 0.717) is 6.07 Å². The molecule has 2 saturated carbocycles. The fraction of sp³-hybridized carbons (Fsp3) is 0.600. The van der Waals surface area contributed by atoms with Gasteiger partial charge in [0.05, 0.1) is 5.69 Å². The summed E-state index contributed by atoms with van der Waals surface area (Å²) >= 11 is 0. The fourth-order valence-corrected chi connectivity index (χ4v) is 3.63. The maximum Gasteiger partial charge on any atom is 0.182 e. The third-order valence-corrected chi connectivity index (χ3v) is 4.84. The molecule has 1 nitrogen and oxygen atoms in total. The molecule has 0 aliphatic heterocycles. The van der Waals surface area contributed by atoms with Crippen molar-refractivity contribution in [2.75, 3.05) is 5.32 Å². The van der Waals surface area contributed by atoms with Gasteiger partial charge in [0.15, 0.2) is 11.6 Å². The molecule has 2 aliphatic carbocycles. The Morgan fingerprint density at radius 3 is 2.37 bits per heavy atom. The van der Waals surface area contributed by atoms with E-state index < -0.39 is 17.5 Å². The van der Waals surface area contributed by atoms with Gasteiger partial charge in [-0.15, -0.1) is 0 Å². The van der Waals surface area contributed by atoms with E-state index in [1.807, 2.05) is 0 Å². The van der Waals surface area contributed by atoms with E-state index in [9.17, 15) is 13.2 Å². The van der Waals surface area contributed by atoms with Crippen molar-refractivity contribution in [1.82, 2.24) is 0 Å². The molecule has 1 aromatic rings. The molecular formula is C15H18F3N. The van der Waals surface area contributed by atoms with Crippen molar-refractivity contribution < 1.29 is 13.2 Å². The zero-order valence-corrected chi connectivity index (χ0v) is 10.8. The van der Waals surface area contributed by atoms with E-state index >= 15 is 0 Å². The molecule has 1 aromatic carbocycles. The second-order valence-corrected chi connectivity index (χ2v) is 5.91. The van der Waals surface area contributed by atoms with Crippen LogP contribution in [-0.2, 0) is 0 Å². The van der Waals surface area contributed by atoms with Crippen LogP contribution >= 0.6 is 0 Å². The minimum Gasteiger partial charge on any atom is -0.379 e. The second-order valence-electron chi connectivity index (χ2n) is 5.91. The minimum absolute atomic E-state index is 0.0350. The predicted molar refractivity (Wildman–Crippen MR) is 68.5 cm³/mol. The highest BCUT2D eigenvalue weighted by molar-refractivity contribution is 5.47. The summed E-state index contributed by atoms with van der Waals surface area (Å²) in [5, 5.41) is 3.03. The molecule has 0 saturated heterocycles. The summed E-state index contributed by atoms with van der Waals surface area (Å²) in [7, 11) is 0. The van der Waals surface area contributed by atoms with Crippen molar-refractivity contribution in [3.05, 3.63) is 29.6 Å². The monoisotopic (exact) mass is 269 g/mol. The van der Waals surface area contributed by atoms with Gasteiger partial charge in [-0.3, -0.25) is 0 Å². The molecule has 4 heteroatoms. The number of halogens is 3. The quantitative estimate of drug-likeness (QED) is 0.772. The SMILES string of the molecule is Fc1cc(F)c(F)c(NC2CCC23CCCCC3)c1. The Bertz CT molecular complexity index is 481. The summed E-state index contributed by atoms with van der Waals surface area (Å²) in [6, 6.07) is 1.79. The lowest BCUT2D eigenvalue weighted by molar-refractivity contribution is 0.0569. The largest absolute Gasteiger partial charge is 0.379 e. The molecule has 1 atom stereocenters. The third-order valence-electron chi connectivity index (χ3n) is 4.84. The van der Waals surface area contributed by atoms with Gasteiger partial charge in [0.2, 0.25) is 0 Å². The van der Waals surface area contributed by atoms with Gasteiger partial charge in [0.1, 0.15) is 5.82 Å². The average molecular weight is 269 g/mol. The predicted octanol–water partition coefficient (Wildman–Crippen LogP) is 4.63. The topological polar surface area (TPSA) is 12.0 Å². The van der Waals surface area contributed by atoms with Gasteiger partial charge in [-0.25, -0.2) is 13.2 Å². The molecule has 0 bridgehead atoms. The van der Waals surface area contributed by atoms with Gasteiger partial charge >= 0.3 is 0 Å². The molecule has 0 heterocycles. The maximum absolute atomic E-state index is 13.7. The van der Waals surface area contributed by atoms with Crippen molar-refractivity contribution >= 4 is 5.69 Å². The highest BCUT2D eigenvalue weighted by Gasteiger charge is 2.47. The molecule has 1 N–H and O–H groups in total. The van der Waals surface area contributed by atoms with Crippen molar-refractivity contribution in [2.45, 2.75) is 51.0 Å². The van der Waals surface area contributed by atoms with Crippen LogP contribution in [-0.4, -0.2) is 6.04 Å². The van der Waals surface area contributed by atoms with Crippen LogP contribution in [0.5, 0.6) is 0 Å². The molecule has 0 aromatic heterocycles.